The van der Waals surface area contributed by atoms with Crippen molar-refractivity contribution < 1.29 is 9.59 Å². The zero-order valence-electron chi connectivity index (χ0n) is 14.4. The van der Waals surface area contributed by atoms with Crippen LogP contribution in [0.5, 0.6) is 0 Å². The predicted molar refractivity (Wildman–Crippen MR) is 103 cm³/mol. The fourth-order valence-corrected chi connectivity index (χ4v) is 3.26. The maximum Gasteiger partial charge on any atom is 0.234 e. The van der Waals surface area contributed by atoms with E-state index in [0.717, 1.165) is 24.3 Å². The van der Waals surface area contributed by atoms with Crippen LogP contribution in [0.4, 0.5) is 5.69 Å². The molecule has 0 bridgehead atoms. The summed E-state index contributed by atoms with van der Waals surface area (Å²) >= 11 is 1.37. The van der Waals surface area contributed by atoms with E-state index in [1.165, 1.54) is 11.8 Å². The number of thioether (sulfide) groups is 1. The predicted octanol–water partition coefficient (Wildman–Crippen LogP) is 2.30. The van der Waals surface area contributed by atoms with Gasteiger partial charge in [-0.25, -0.2) is 0 Å². The average Bonchev–Trinajstić information content (AvgIpc) is 2.52. The van der Waals surface area contributed by atoms with Crippen LogP contribution in [0.25, 0.3) is 0 Å². The topological polar surface area (TPSA) is 61.4 Å². The Balaban J connectivity index is 0.00000288. The largest absolute Gasteiger partial charge is 0.336 e. The van der Waals surface area contributed by atoms with Gasteiger partial charge < -0.3 is 15.5 Å². The lowest BCUT2D eigenvalue weighted by Crippen LogP contribution is -2.57. The van der Waals surface area contributed by atoms with E-state index in [1.807, 2.05) is 36.1 Å². The molecule has 2 N–H and O–H groups in total. The van der Waals surface area contributed by atoms with E-state index in [-0.39, 0.29) is 36.0 Å². The lowest BCUT2D eigenvalue weighted by atomic mass is 10.1. The number of hydrogen-bond donors (Lipinski definition) is 2. The minimum atomic E-state index is -0.0756. The minimum Gasteiger partial charge on any atom is -0.336 e. The summed E-state index contributed by atoms with van der Waals surface area (Å²) in [5.74, 6) is 0.668. The van der Waals surface area contributed by atoms with Crippen LogP contribution < -0.4 is 10.6 Å². The van der Waals surface area contributed by atoms with Crippen LogP contribution in [-0.4, -0.2) is 53.4 Å². The van der Waals surface area contributed by atoms with Gasteiger partial charge in [0.1, 0.15) is 0 Å². The molecule has 0 aromatic heterocycles. The molecule has 0 aliphatic carbocycles. The van der Waals surface area contributed by atoms with Crippen molar-refractivity contribution in [1.82, 2.24) is 10.2 Å². The number of hydrogen-bond acceptors (Lipinski definition) is 4. The smallest absolute Gasteiger partial charge is 0.234 e. The molecule has 134 valence electrons. The van der Waals surface area contributed by atoms with Crippen molar-refractivity contribution in [1.29, 1.82) is 0 Å². The molecule has 2 unspecified atom stereocenters. The van der Waals surface area contributed by atoms with Gasteiger partial charge in [0.2, 0.25) is 11.8 Å². The number of benzene rings is 1. The summed E-state index contributed by atoms with van der Waals surface area (Å²) < 4.78 is 0. The first kappa shape index (κ1) is 20.8. The Morgan fingerprint density at radius 3 is 2.58 bits per heavy atom. The maximum absolute atomic E-state index is 12.3. The van der Waals surface area contributed by atoms with E-state index in [9.17, 15) is 9.59 Å². The van der Waals surface area contributed by atoms with Crippen LogP contribution in [-0.2, 0) is 9.59 Å². The van der Waals surface area contributed by atoms with E-state index >= 15 is 0 Å². The fourth-order valence-electron chi connectivity index (χ4n) is 2.56. The number of carbonyl (C=O) groups is 2. The first-order chi connectivity index (χ1) is 11.0. The van der Waals surface area contributed by atoms with Crippen molar-refractivity contribution in [3.05, 3.63) is 29.8 Å². The van der Waals surface area contributed by atoms with Gasteiger partial charge in [-0.3, -0.25) is 9.59 Å². The van der Waals surface area contributed by atoms with E-state index in [4.69, 9.17) is 0 Å². The molecule has 2 amide bonds. The molecule has 0 saturated carbocycles. The number of piperazine rings is 1. The summed E-state index contributed by atoms with van der Waals surface area (Å²) in [5.41, 5.74) is 1.94. The second kappa shape index (κ2) is 9.91. The van der Waals surface area contributed by atoms with Crippen molar-refractivity contribution in [3.63, 3.8) is 0 Å². The summed E-state index contributed by atoms with van der Waals surface area (Å²) in [6.07, 6.45) is 0. The molecule has 5 nitrogen and oxygen atoms in total. The van der Waals surface area contributed by atoms with Gasteiger partial charge in [0.05, 0.1) is 11.5 Å². The maximum atomic E-state index is 12.3. The standard InChI is InChI=1S/C17H25N3O2S.ClH/c1-12-4-6-15(7-5-12)19-16(21)10-23-11-17(22)20-9-8-18-13(2)14(20)3;/h4-7,13-14,18H,8-11H2,1-3H3,(H,19,21);1H. The molecule has 1 heterocycles. The third-order valence-corrected chi connectivity index (χ3v) is 5.07. The molecule has 24 heavy (non-hydrogen) atoms. The summed E-state index contributed by atoms with van der Waals surface area (Å²) in [6.45, 7) is 7.72. The van der Waals surface area contributed by atoms with Crippen LogP contribution in [0.2, 0.25) is 0 Å². The summed E-state index contributed by atoms with van der Waals surface area (Å²) in [7, 11) is 0. The van der Waals surface area contributed by atoms with Gasteiger partial charge in [-0.15, -0.1) is 24.2 Å². The second-order valence-corrected chi connectivity index (χ2v) is 6.96. The molecular formula is C17H26ClN3O2S. The highest BCUT2D eigenvalue weighted by Crippen LogP contribution is 2.13. The van der Waals surface area contributed by atoms with Crippen molar-refractivity contribution in [2.75, 3.05) is 29.9 Å². The van der Waals surface area contributed by atoms with Crippen molar-refractivity contribution in [3.8, 4) is 0 Å². The first-order valence-corrected chi connectivity index (χ1v) is 9.10. The summed E-state index contributed by atoms with van der Waals surface area (Å²) in [5, 5.41) is 6.20. The van der Waals surface area contributed by atoms with E-state index in [1.54, 1.807) is 0 Å². The molecule has 0 spiro atoms. The van der Waals surface area contributed by atoms with Crippen LogP contribution >= 0.6 is 24.2 Å². The lowest BCUT2D eigenvalue weighted by molar-refractivity contribution is -0.131. The Morgan fingerprint density at radius 2 is 1.92 bits per heavy atom. The van der Waals surface area contributed by atoms with Gasteiger partial charge >= 0.3 is 0 Å². The monoisotopic (exact) mass is 371 g/mol. The van der Waals surface area contributed by atoms with Crippen LogP contribution in [0.3, 0.4) is 0 Å². The fraction of sp³-hybridized carbons (Fsp3) is 0.529. The van der Waals surface area contributed by atoms with Crippen LogP contribution in [0.1, 0.15) is 19.4 Å². The Bertz CT molecular complexity index is 553. The molecule has 1 saturated heterocycles. The number of nitrogens with one attached hydrogen (secondary N) is 2. The first-order valence-electron chi connectivity index (χ1n) is 7.94. The Hall–Kier alpha value is -1.24. The number of nitrogens with zero attached hydrogens (tertiary/aromatic N) is 1. The molecule has 1 aromatic carbocycles. The molecule has 1 aromatic rings. The van der Waals surface area contributed by atoms with Gasteiger partial charge in [0.25, 0.3) is 0 Å². The third kappa shape index (κ3) is 6.00. The van der Waals surface area contributed by atoms with Gasteiger partial charge in [-0.1, -0.05) is 17.7 Å². The highest BCUT2D eigenvalue weighted by molar-refractivity contribution is 8.00. The highest BCUT2D eigenvalue weighted by Gasteiger charge is 2.27. The minimum absolute atomic E-state index is 0. The third-order valence-electron chi connectivity index (χ3n) is 4.15. The molecule has 1 fully saturated rings. The van der Waals surface area contributed by atoms with Crippen molar-refractivity contribution in [2.45, 2.75) is 32.9 Å². The van der Waals surface area contributed by atoms with Gasteiger partial charge in [-0.05, 0) is 32.9 Å². The Kier molecular flexibility index (Phi) is 8.59. The Labute approximate surface area is 154 Å². The molecule has 7 heteroatoms. The quantitative estimate of drug-likeness (QED) is 0.833. The van der Waals surface area contributed by atoms with Crippen molar-refractivity contribution >= 4 is 41.7 Å². The van der Waals surface area contributed by atoms with E-state index in [2.05, 4.69) is 24.5 Å². The summed E-state index contributed by atoms with van der Waals surface area (Å²) in [4.78, 5) is 26.1. The SMILES string of the molecule is Cc1ccc(NC(=O)CSCC(=O)N2CCNC(C)C2C)cc1.Cl. The normalized spacial score (nSPS) is 20.2. The van der Waals surface area contributed by atoms with E-state index in [0.29, 0.717) is 11.8 Å². The lowest BCUT2D eigenvalue weighted by Gasteiger charge is -2.38. The number of rotatable bonds is 5. The van der Waals surface area contributed by atoms with Gasteiger partial charge in [0, 0.05) is 30.9 Å². The van der Waals surface area contributed by atoms with E-state index < -0.39 is 0 Å². The molecule has 1 aliphatic rings. The molecule has 2 atom stereocenters. The molecule has 2 rings (SSSR count). The average molecular weight is 372 g/mol. The molecule has 1 aliphatic heterocycles. The van der Waals surface area contributed by atoms with Crippen LogP contribution in [0.15, 0.2) is 24.3 Å². The molecular weight excluding hydrogens is 346 g/mol. The number of carbonyl (C=O) groups excluding carboxylic acids is 2. The zero-order chi connectivity index (χ0) is 16.8. The van der Waals surface area contributed by atoms with Crippen LogP contribution in [0, 0.1) is 6.92 Å². The van der Waals surface area contributed by atoms with Crippen molar-refractivity contribution in [2.24, 2.45) is 0 Å². The Morgan fingerprint density at radius 1 is 1.25 bits per heavy atom. The van der Waals surface area contributed by atoms with Gasteiger partial charge in [-0.2, -0.15) is 0 Å². The molecule has 0 radical (unpaired) electrons. The number of amides is 2. The van der Waals surface area contributed by atoms with Gasteiger partial charge in [0.15, 0.2) is 0 Å². The second-order valence-electron chi connectivity index (χ2n) is 5.98. The highest BCUT2D eigenvalue weighted by atomic mass is 35.5. The summed E-state index contributed by atoms with van der Waals surface area (Å²) in [6, 6.07) is 8.18. The number of halogens is 1. The number of aryl methyl sites for hydroxylation is 1. The number of anilines is 1. The zero-order valence-corrected chi connectivity index (χ0v) is 16.0.